The smallest absolute Gasteiger partial charge is 0.508 e. The molecule has 150 valence electrons. The van der Waals surface area contributed by atoms with Crippen molar-refractivity contribution in [3.05, 3.63) is 63.7 Å². The lowest BCUT2D eigenvalue weighted by atomic mass is 9.95. The quantitative estimate of drug-likeness (QED) is 0.595. The summed E-state index contributed by atoms with van der Waals surface area (Å²) in [5, 5.41) is 24.7. The molecule has 1 heterocycles. The van der Waals surface area contributed by atoms with Crippen LogP contribution in [0, 0.1) is 10.1 Å². The van der Waals surface area contributed by atoms with Gasteiger partial charge < -0.3 is 15.2 Å². The number of halogens is 3. The Bertz CT molecular complexity index is 837. The van der Waals surface area contributed by atoms with Crippen molar-refractivity contribution in [3.8, 4) is 11.5 Å². The Morgan fingerprint density at radius 2 is 1.79 bits per heavy atom. The highest BCUT2D eigenvalue weighted by molar-refractivity contribution is 5.48. The summed E-state index contributed by atoms with van der Waals surface area (Å²) in [6, 6.07) is 8.50. The molecule has 0 amide bonds. The first-order valence-corrected chi connectivity index (χ1v) is 8.52. The molecule has 1 fully saturated rings. The second-order valence-corrected chi connectivity index (χ2v) is 6.31. The predicted molar refractivity (Wildman–Crippen MR) is 94.2 cm³/mol. The number of aromatic hydroxyl groups is 1. The van der Waals surface area contributed by atoms with E-state index in [1.54, 1.807) is 0 Å². The summed E-state index contributed by atoms with van der Waals surface area (Å²) in [4.78, 5) is 12.6. The van der Waals surface area contributed by atoms with Crippen molar-refractivity contribution in [1.82, 2.24) is 10.2 Å². The molecule has 10 heteroatoms. The lowest BCUT2D eigenvalue weighted by Crippen LogP contribution is -2.45. The highest BCUT2D eigenvalue weighted by atomic mass is 19.4. The van der Waals surface area contributed by atoms with E-state index in [-0.39, 0.29) is 17.2 Å². The number of phenolic OH excluding ortho intramolecular Hbond substituents is 1. The first-order valence-electron chi connectivity index (χ1n) is 8.52. The van der Waals surface area contributed by atoms with E-state index in [0.717, 1.165) is 0 Å². The van der Waals surface area contributed by atoms with Crippen LogP contribution in [0.2, 0.25) is 0 Å². The molecule has 2 N–H and O–H groups in total. The maximum Gasteiger partial charge on any atom is 0.573 e. The van der Waals surface area contributed by atoms with Gasteiger partial charge in [0.15, 0.2) is 0 Å². The Labute approximate surface area is 158 Å². The van der Waals surface area contributed by atoms with Crippen molar-refractivity contribution < 1.29 is 27.9 Å². The Balaban J connectivity index is 2.01. The van der Waals surface area contributed by atoms with Crippen LogP contribution in [0.5, 0.6) is 11.5 Å². The van der Waals surface area contributed by atoms with E-state index in [0.29, 0.717) is 37.3 Å². The summed E-state index contributed by atoms with van der Waals surface area (Å²) in [7, 11) is 0. The minimum Gasteiger partial charge on any atom is -0.508 e. The summed E-state index contributed by atoms with van der Waals surface area (Å²) in [6.07, 6.45) is -4.79. The van der Waals surface area contributed by atoms with Gasteiger partial charge in [0.2, 0.25) is 0 Å². The molecule has 3 rings (SSSR count). The van der Waals surface area contributed by atoms with Crippen LogP contribution in [0.25, 0.3) is 0 Å². The van der Waals surface area contributed by atoms with Crippen molar-refractivity contribution >= 4 is 5.69 Å². The van der Waals surface area contributed by atoms with Crippen LogP contribution in [0.3, 0.4) is 0 Å². The molecule has 2 aromatic rings. The molecule has 1 aliphatic rings. The minimum atomic E-state index is -4.79. The van der Waals surface area contributed by atoms with E-state index in [1.807, 2.05) is 4.90 Å². The van der Waals surface area contributed by atoms with E-state index in [2.05, 4.69) is 10.1 Å². The second kappa shape index (κ2) is 8.03. The van der Waals surface area contributed by atoms with Gasteiger partial charge in [0.1, 0.15) is 11.5 Å². The number of hydrogen-bond donors (Lipinski definition) is 2. The van der Waals surface area contributed by atoms with Gasteiger partial charge in [-0.25, -0.2) is 0 Å². The van der Waals surface area contributed by atoms with Gasteiger partial charge in [-0.1, -0.05) is 12.1 Å². The summed E-state index contributed by atoms with van der Waals surface area (Å²) in [5.41, 5.74) is 0.734. The van der Waals surface area contributed by atoms with Crippen LogP contribution in [0.4, 0.5) is 18.9 Å². The fourth-order valence-electron chi connectivity index (χ4n) is 3.25. The van der Waals surface area contributed by atoms with Gasteiger partial charge in [0, 0.05) is 43.9 Å². The van der Waals surface area contributed by atoms with E-state index in [9.17, 15) is 28.4 Å². The topological polar surface area (TPSA) is 87.9 Å². The Morgan fingerprint density at radius 1 is 1.14 bits per heavy atom. The molecule has 1 atom stereocenters. The highest BCUT2D eigenvalue weighted by Gasteiger charge is 2.32. The maximum atomic E-state index is 12.4. The van der Waals surface area contributed by atoms with Crippen molar-refractivity contribution in [1.29, 1.82) is 0 Å². The van der Waals surface area contributed by atoms with Crippen LogP contribution in [0.15, 0.2) is 42.5 Å². The molecule has 0 bridgehead atoms. The monoisotopic (exact) mass is 397 g/mol. The zero-order valence-corrected chi connectivity index (χ0v) is 14.6. The number of benzene rings is 2. The van der Waals surface area contributed by atoms with E-state index in [4.69, 9.17) is 0 Å². The molecule has 0 aromatic heterocycles. The van der Waals surface area contributed by atoms with Crippen LogP contribution in [-0.2, 0) is 0 Å². The van der Waals surface area contributed by atoms with Gasteiger partial charge in [-0.3, -0.25) is 15.0 Å². The minimum absolute atomic E-state index is 0.121. The summed E-state index contributed by atoms with van der Waals surface area (Å²) in [6.45, 7) is 2.57. The first kappa shape index (κ1) is 19.9. The Kier molecular flexibility index (Phi) is 5.71. The number of nitrogens with zero attached hydrogens (tertiary/aromatic N) is 2. The summed E-state index contributed by atoms with van der Waals surface area (Å²) >= 11 is 0. The third kappa shape index (κ3) is 4.70. The van der Waals surface area contributed by atoms with Gasteiger partial charge in [0.05, 0.1) is 11.0 Å². The second-order valence-electron chi connectivity index (χ2n) is 6.31. The number of rotatable bonds is 5. The van der Waals surface area contributed by atoms with Crippen LogP contribution in [-0.4, -0.2) is 47.5 Å². The van der Waals surface area contributed by atoms with Crippen LogP contribution >= 0.6 is 0 Å². The number of hydrogen-bond acceptors (Lipinski definition) is 6. The molecule has 0 unspecified atom stereocenters. The Morgan fingerprint density at radius 3 is 2.36 bits per heavy atom. The lowest BCUT2D eigenvalue weighted by molar-refractivity contribution is -0.385. The predicted octanol–water partition coefficient (Wildman–Crippen LogP) is 3.19. The Hall–Kier alpha value is -2.85. The van der Waals surface area contributed by atoms with Crippen molar-refractivity contribution in [2.75, 3.05) is 26.2 Å². The summed E-state index contributed by atoms with van der Waals surface area (Å²) in [5.74, 6) is -0.483. The molecule has 0 radical (unpaired) electrons. The standard InChI is InChI=1S/C18H18F3N3O4/c19-18(20,21)28-14-4-1-12(2-5-14)17(23-9-7-22-8-10-23)15-11-13(24(26)27)3-6-16(15)25/h1-6,11,17,22,25H,7-10H2/t17-/m1/s1. The SMILES string of the molecule is O=[N+]([O-])c1ccc(O)c([C@@H](c2ccc(OC(F)(F)F)cc2)N2CCNCC2)c1. The number of nitrogens with one attached hydrogen (secondary N) is 1. The average molecular weight is 397 g/mol. The molecular weight excluding hydrogens is 379 g/mol. The van der Waals surface area contributed by atoms with Gasteiger partial charge in [0.25, 0.3) is 5.69 Å². The fraction of sp³-hybridized carbons (Fsp3) is 0.333. The van der Waals surface area contributed by atoms with Crippen molar-refractivity contribution in [2.24, 2.45) is 0 Å². The highest BCUT2D eigenvalue weighted by Crippen LogP contribution is 2.37. The van der Waals surface area contributed by atoms with E-state index < -0.39 is 17.3 Å². The third-order valence-corrected chi connectivity index (χ3v) is 4.46. The lowest BCUT2D eigenvalue weighted by Gasteiger charge is -2.35. The maximum absolute atomic E-state index is 12.4. The first-order chi connectivity index (χ1) is 13.2. The third-order valence-electron chi connectivity index (χ3n) is 4.46. The van der Waals surface area contributed by atoms with Gasteiger partial charge in [-0.2, -0.15) is 0 Å². The summed E-state index contributed by atoms with van der Waals surface area (Å²) < 4.78 is 41.1. The molecule has 28 heavy (non-hydrogen) atoms. The fourth-order valence-corrected chi connectivity index (χ4v) is 3.25. The largest absolute Gasteiger partial charge is 0.573 e. The average Bonchev–Trinajstić information content (AvgIpc) is 2.64. The molecule has 0 saturated carbocycles. The van der Waals surface area contributed by atoms with Crippen molar-refractivity contribution in [3.63, 3.8) is 0 Å². The van der Waals surface area contributed by atoms with Crippen LogP contribution in [0.1, 0.15) is 17.2 Å². The number of nitro groups is 1. The van der Waals surface area contributed by atoms with E-state index >= 15 is 0 Å². The number of nitro benzene ring substituents is 1. The number of phenols is 1. The van der Waals surface area contributed by atoms with E-state index in [1.165, 1.54) is 42.5 Å². The van der Waals surface area contributed by atoms with Gasteiger partial charge >= 0.3 is 6.36 Å². The molecular formula is C18H18F3N3O4. The zero-order valence-electron chi connectivity index (χ0n) is 14.6. The van der Waals surface area contributed by atoms with Crippen molar-refractivity contribution in [2.45, 2.75) is 12.4 Å². The molecule has 1 saturated heterocycles. The molecule has 1 aliphatic heterocycles. The number of ether oxygens (including phenoxy) is 1. The number of non-ortho nitro benzene ring substituents is 1. The molecule has 2 aromatic carbocycles. The van der Waals surface area contributed by atoms with Gasteiger partial charge in [-0.15, -0.1) is 13.2 Å². The number of piperazine rings is 1. The van der Waals surface area contributed by atoms with Gasteiger partial charge in [-0.05, 0) is 23.8 Å². The zero-order chi connectivity index (χ0) is 20.3. The normalized spacial score (nSPS) is 16.5. The molecule has 0 aliphatic carbocycles. The molecule has 7 nitrogen and oxygen atoms in total. The van der Waals surface area contributed by atoms with Crippen LogP contribution < -0.4 is 10.1 Å². The number of alkyl halides is 3. The molecule has 0 spiro atoms.